The summed E-state index contributed by atoms with van der Waals surface area (Å²) in [7, 11) is 0. The van der Waals surface area contributed by atoms with Crippen molar-refractivity contribution in [1.82, 2.24) is 0 Å². The molecular formula is C9H12O4. The van der Waals surface area contributed by atoms with Crippen LogP contribution in [0.3, 0.4) is 0 Å². The van der Waals surface area contributed by atoms with Crippen molar-refractivity contribution in [3.05, 3.63) is 11.8 Å². The third-order valence-corrected chi connectivity index (χ3v) is 1.47. The van der Waals surface area contributed by atoms with E-state index in [1.165, 1.54) is 6.08 Å². The number of hydrogen-bond donors (Lipinski definition) is 0. The molecule has 1 aliphatic rings. The number of carbonyl (C=O) groups excluding carboxylic acids is 2. The normalized spacial score (nSPS) is 16.5. The minimum atomic E-state index is -0.563. The Hall–Kier alpha value is -1.32. The Morgan fingerprint density at radius 1 is 1.54 bits per heavy atom. The Kier molecular flexibility index (Phi) is 2.40. The maximum absolute atomic E-state index is 11.3. The Morgan fingerprint density at radius 2 is 2.15 bits per heavy atom. The van der Waals surface area contributed by atoms with Gasteiger partial charge in [-0.3, -0.25) is 4.79 Å². The average molecular weight is 184 g/mol. The molecule has 0 aromatic carbocycles. The molecule has 1 aliphatic heterocycles. The molecule has 1 heterocycles. The lowest BCUT2D eigenvalue weighted by molar-refractivity contribution is -0.149. The minimum Gasteiger partial charge on any atom is -0.454 e. The number of hydrogen-bond acceptors (Lipinski definition) is 4. The summed E-state index contributed by atoms with van der Waals surface area (Å²) < 4.78 is 9.49. The number of carbonyl (C=O) groups is 2. The van der Waals surface area contributed by atoms with E-state index < -0.39 is 11.4 Å². The van der Waals surface area contributed by atoms with E-state index in [0.29, 0.717) is 0 Å². The van der Waals surface area contributed by atoms with Gasteiger partial charge in [-0.05, 0) is 20.8 Å². The first kappa shape index (κ1) is 9.77. The molecule has 0 aromatic heterocycles. The molecule has 1 rings (SSSR count). The van der Waals surface area contributed by atoms with Crippen molar-refractivity contribution >= 4 is 11.9 Å². The van der Waals surface area contributed by atoms with Crippen LogP contribution in [-0.4, -0.2) is 18.5 Å². The van der Waals surface area contributed by atoms with Crippen molar-refractivity contribution in [3.63, 3.8) is 0 Å². The standard InChI is InChI=1S/C9H12O4/c1-9(2,3)8(11)13-6-4-7(10)12-5-6/h4H,5H2,1-3H3. The second kappa shape index (κ2) is 3.20. The third-order valence-electron chi connectivity index (χ3n) is 1.47. The molecule has 4 heteroatoms. The van der Waals surface area contributed by atoms with Crippen LogP contribution in [0.25, 0.3) is 0 Å². The van der Waals surface area contributed by atoms with Gasteiger partial charge in [-0.2, -0.15) is 0 Å². The molecule has 0 fully saturated rings. The van der Waals surface area contributed by atoms with Gasteiger partial charge >= 0.3 is 11.9 Å². The zero-order valence-corrected chi connectivity index (χ0v) is 7.92. The summed E-state index contributed by atoms with van der Waals surface area (Å²) in [5.74, 6) is -0.543. The van der Waals surface area contributed by atoms with Crippen molar-refractivity contribution in [1.29, 1.82) is 0 Å². The van der Waals surface area contributed by atoms with E-state index in [1.807, 2.05) is 0 Å². The summed E-state index contributed by atoms with van der Waals surface area (Å²) in [5.41, 5.74) is -0.563. The van der Waals surface area contributed by atoms with Crippen LogP contribution in [0.15, 0.2) is 11.8 Å². The molecule has 0 saturated carbocycles. The Balaban J connectivity index is 2.56. The van der Waals surface area contributed by atoms with Crippen molar-refractivity contribution in [3.8, 4) is 0 Å². The molecule has 0 N–H and O–H groups in total. The highest BCUT2D eigenvalue weighted by Crippen LogP contribution is 2.18. The lowest BCUT2D eigenvalue weighted by Crippen LogP contribution is -2.22. The zero-order valence-electron chi connectivity index (χ0n) is 7.92. The fourth-order valence-electron chi connectivity index (χ4n) is 0.688. The number of cyclic esters (lactones) is 1. The monoisotopic (exact) mass is 184 g/mol. The zero-order chi connectivity index (χ0) is 10.1. The summed E-state index contributed by atoms with van der Waals surface area (Å²) in [6.45, 7) is 5.29. The van der Waals surface area contributed by atoms with Gasteiger partial charge in [-0.15, -0.1) is 0 Å². The molecule has 0 bridgehead atoms. The molecule has 0 radical (unpaired) electrons. The quantitative estimate of drug-likeness (QED) is 0.571. The average Bonchev–Trinajstić information content (AvgIpc) is 2.33. The molecule has 13 heavy (non-hydrogen) atoms. The summed E-state index contributed by atoms with van der Waals surface area (Å²) in [6, 6.07) is 0. The van der Waals surface area contributed by atoms with E-state index in [0.717, 1.165) is 0 Å². The van der Waals surface area contributed by atoms with Crippen molar-refractivity contribution in [2.45, 2.75) is 20.8 Å². The summed E-state index contributed by atoms with van der Waals surface area (Å²) >= 11 is 0. The highest BCUT2D eigenvalue weighted by atomic mass is 16.6. The fraction of sp³-hybridized carbons (Fsp3) is 0.556. The first-order chi connectivity index (χ1) is 5.89. The van der Waals surface area contributed by atoms with Crippen LogP contribution in [0.2, 0.25) is 0 Å². The fourth-order valence-corrected chi connectivity index (χ4v) is 0.688. The Bertz CT molecular complexity index is 270. The summed E-state index contributed by atoms with van der Waals surface area (Å²) in [4.78, 5) is 21.9. The molecule has 0 atom stereocenters. The predicted octanol–water partition coefficient (Wildman–Crippen LogP) is 1.02. The highest BCUT2D eigenvalue weighted by molar-refractivity contribution is 5.86. The second-order valence-corrected chi connectivity index (χ2v) is 3.86. The Labute approximate surface area is 76.5 Å². The van der Waals surface area contributed by atoms with E-state index in [4.69, 9.17) is 4.74 Å². The van der Waals surface area contributed by atoms with Crippen LogP contribution >= 0.6 is 0 Å². The van der Waals surface area contributed by atoms with Gasteiger partial charge in [0.05, 0.1) is 11.5 Å². The van der Waals surface area contributed by atoms with Gasteiger partial charge in [0.25, 0.3) is 0 Å². The van der Waals surface area contributed by atoms with E-state index in [9.17, 15) is 9.59 Å². The maximum atomic E-state index is 11.3. The van der Waals surface area contributed by atoms with E-state index in [1.54, 1.807) is 20.8 Å². The molecule has 0 aromatic rings. The topological polar surface area (TPSA) is 52.6 Å². The molecule has 4 nitrogen and oxygen atoms in total. The van der Waals surface area contributed by atoms with E-state index >= 15 is 0 Å². The number of ether oxygens (including phenoxy) is 2. The van der Waals surface area contributed by atoms with Gasteiger partial charge in [-0.25, -0.2) is 4.79 Å². The van der Waals surface area contributed by atoms with Gasteiger partial charge < -0.3 is 9.47 Å². The lowest BCUT2D eigenvalue weighted by atomic mass is 9.97. The van der Waals surface area contributed by atoms with Gasteiger partial charge in [0.1, 0.15) is 6.61 Å². The molecule has 0 spiro atoms. The number of esters is 2. The first-order valence-corrected chi connectivity index (χ1v) is 3.99. The molecule has 0 amide bonds. The van der Waals surface area contributed by atoms with Crippen LogP contribution in [0.4, 0.5) is 0 Å². The van der Waals surface area contributed by atoms with Gasteiger partial charge in [0.2, 0.25) is 0 Å². The van der Waals surface area contributed by atoms with E-state index in [2.05, 4.69) is 4.74 Å². The minimum absolute atomic E-state index is 0.0562. The molecule has 0 saturated heterocycles. The van der Waals surface area contributed by atoms with E-state index in [-0.39, 0.29) is 18.3 Å². The highest BCUT2D eigenvalue weighted by Gasteiger charge is 2.26. The van der Waals surface area contributed by atoms with Gasteiger partial charge in [0, 0.05) is 0 Å². The second-order valence-electron chi connectivity index (χ2n) is 3.86. The maximum Gasteiger partial charge on any atom is 0.334 e. The summed E-state index contributed by atoms with van der Waals surface area (Å²) in [6.07, 6.45) is 1.18. The SMILES string of the molecule is CC(C)(C)C(=O)OC1=CC(=O)OC1. The van der Waals surface area contributed by atoms with Crippen LogP contribution in [0, 0.1) is 5.41 Å². The molecule has 0 aliphatic carbocycles. The molecule has 0 unspecified atom stereocenters. The van der Waals surface area contributed by atoms with Gasteiger partial charge in [0.15, 0.2) is 5.76 Å². The number of rotatable bonds is 1. The molecular weight excluding hydrogens is 172 g/mol. The van der Waals surface area contributed by atoms with Crippen LogP contribution < -0.4 is 0 Å². The lowest BCUT2D eigenvalue weighted by Gasteiger charge is -2.15. The van der Waals surface area contributed by atoms with Crippen molar-refractivity contribution < 1.29 is 19.1 Å². The first-order valence-electron chi connectivity index (χ1n) is 3.99. The van der Waals surface area contributed by atoms with Gasteiger partial charge in [-0.1, -0.05) is 0 Å². The van der Waals surface area contributed by atoms with Crippen LogP contribution in [0.1, 0.15) is 20.8 Å². The van der Waals surface area contributed by atoms with Crippen molar-refractivity contribution in [2.24, 2.45) is 5.41 Å². The van der Waals surface area contributed by atoms with Crippen LogP contribution in [0.5, 0.6) is 0 Å². The predicted molar refractivity (Wildman–Crippen MR) is 44.6 cm³/mol. The van der Waals surface area contributed by atoms with Crippen molar-refractivity contribution in [2.75, 3.05) is 6.61 Å². The Morgan fingerprint density at radius 3 is 2.54 bits per heavy atom. The smallest absolute Gasteiger partial charge is 0.334 e. The summed E-state index contributed by atoms with van der Waals surface area (Å²) in [5, 5.41) is 0. The molecule has 72 valence electrons. The largest absolute Gasteiger partial charge is 0.454 e. The third kappa shape index (κ3) is 2.57. The van der Waals surface area contributed by atoms with Crippen LogP contribution in [-0.2, 0) is 19.1 Å².